The van der Waals surface area contributed by atoms with E-state index in [1.807, 2.05) is 11.3 Å². The van der Waals surface area contributed by atoms with Crippen LogP contribution in [-0.4, -0.2) is 0 Å². The molecule has 2 nitrogen and oxygen atoms in total. The Morgan fingerprint density at radius 3 is 1.56 bits per heavy atom. The molecule has 9 aromatic carbocycles. The summed E-state index contributed by atoms with van der Waals surface area (Å²) in [6.07, 6.45) is 0. The van der Waals surface area contributed by atoms with Crippen LogP contribution in [0.1, 0.15) is 0 Å². The molecule has 0 aliphatic carbocycles. The third kappa shape index (κ3) is 5.80. The van der Waals surface area contributed by atoms with Crippen molar-refractivity contribution in [1.82, 2.24) is 0 Å². The Morgan fingerprint density at radius 2 is 0.895 bits per heavy atom. The Labute approximate surface area is 335 Å². The van der Waals surface area contributed by atoms with Gasteiger partial charge in [-0.25, -0.2) is 0 Å². The van der Waals surface area contributed by atoms with Gasteiger partial charge in [0.15, 0.2) is 0 Å². The molecule has 0 atom stereocenters. The van der Waals surface area contributed by atoms with Crippen molar-refractivity contribution in [2.45, 2.75) is 0 Å². The molecule has 0 saturated heterocycles. The predicted octanol–water partition coefficient (Wildman–Crippen LogP) is 16.1. The highest BCUT2D eigenvalue weighted by atomic mass is 32.1. The van der Waals surface area contributed by atoms with Crippen LogP contribution >= 0.6 is 11.3 Å². The van der Waals surface area contributed by atoms with Crippen molar-refractivity contribution in [3.05, 3.63) is 212 Å². The molecule has 57 heavy (non-hydrogen) atoms. The smallest absolute Gasteiger partial charge is 0.137 e. The van der Waals surface area contributed by atoms with E-state index >= 15 is 0 Å². The average molecular weight is 746 g/mol. The standard InChI is InChI=1S/C54H35NOS/c1-5-15-36(16-6-1)40-23-13-24-43(33-40)55(47-25-14-26-49-52(47)45-29-27-41(34-50(45)56-49)37-17-7-2-8-18-37)48-32-31-44(39-21-11-4-12-22-39)54-53(48)46-30-28-42(35-51(46)57-54)38-19-9-3-10-20-38/h1-35H. The number of furan rings is 1. The van der Waals surface area contributed by atoms with E-state index in [0.29, 0.717) is 0 Å². The van der Waals surface area contributed by atoms with E-state index in [9.17, 15) is 0 Å². The lowest BCUT2D eigenvalue weighted by atomic mass is 9.98. The number of nitrogens with zero attached hydrogens (tertiary/aromatic N) is 1. The van der Waals surface area contributed by atoms with Gasteiger partial charge in [-0.3, -0.25) is 0 Å². The highest BCUT2D eigenvalue weighted by Crippen LogP contribution is 2.51. The maximum Gasteiger partial charge on any atom is 0.137 e. The summed E-state index contributed by atoms with van der Waals surface area (Å²) in [5.74, 6) is 0. The number of hydrogen-bond acceptors (Lipinski definition) is 3. The van der Waals surface area contributed by atoms with E-state index in [1.54, 1.807) is 0 Å². The second kappa shape index (κ2) is 13.8. The molecule has 0 saturated carbocycles. The van der Waals surface area contributed by atoms with Gasteiger partial charge in [0.25, 0.3) is 0 Å². The molecule has 11 aromatic rings. The summed E-state index contributed by atoms with van der Waals surface area (Å²) in [7, 11) is 0. The zero-order chi connectivity index (χ0) is 37.7. The van der Waals surface area contributed by atoms with Gasteiger partial charge in [0.1, 0.15) is 11.2 Å². The van der Waals surface area contributed by atoms with Gasteiger partial charge in [0.05, 0.1) is 16.8 Å². The minimum absolute atomic E-state index is 0.858. The molecule has 0 fully saturated rings. The lowest BCUT2D eigenvalue weighted by molar-refractivity contribution is 0.669. The first kappa shape index (κ1) is 33.2. The largest absolute Gasteiger partial charge is 0.456 e. The number of thiophene rings is 1. The first-order valence-corrected chi connectivity index (χ1v) is 20.1. The summed E-state index contributed by atoms with van der Waals surface area (Å²) in [5, 5.41) is 4.65. The second-order valence-electron chi connectivity index (χ2n) is 14.5. The van der Waals surface area contributed by atoms with Crippen molar-refractivity contribution >= 4 is 70.5 Å². The van der Waals surface area contributed by atoms with Gasteiger partial charge in [0.2, 0.25) is 0 Å². The quantitative estimate of drug-likeness (QED) is 0.162. The van der Waals surface area contributed by atoms with Gasteiger partial charge in [-0.15, -0.1) is 11.3 Å². The van der Waals surface area contributed by atoms with Crippen molar-refractivity contribution in [2.75, 3.05) is 4.90 Å². The molecule has 0 aliphatic heterocycles. The summed E-state index contributed by atoms with van der Waals surface area (Å²) < 4.78 is 9.24. The fraction of sp³-hybridized carbons (Fsp3) is 0. The molecule has 0 radical (unpaired) electrons. The van der Waals surface area contributed by atoms with Crippen LogP contribution in [0.5, 0.6) is 0 Å². The topological polar surface area (TPSA) is 16.4 Å². The Balaban J connectivity index is 1.20. The number of hydrogen-bond donors (Lipinski definition) is 0. The van der Waals surface area contributed by atoms with E-state index in [0.717, 1.165) is 50.1 Å². The highest BCUT2D eigenvalue weighted by Gasteiger charge is 2.25. The third-order valence-corrected chi connectivity index (χ3v) is 12.3. The Bertz CT molecular complexity index is 3220. The molecule has 0 unspecified atom stereocenters. The Hall–Kier alpha value is -7.20. The van der Waals surface area contributed by atoms with Crippen molar-refractivity contribution in [3.63, 3.8) is 0 Å². The number of benzene rings is 9. The van der Waals surface area contributed by atoms with Gasteiger partial charge in [-0.05, 0) is 93.0 Å². The molecule has 0 bridgehead atoms. The first-order chi connectivity index (χ1) is 28.3. The minimum Gasteiger partial charge on any atom is -0.456 e. The van der Waals surface area contributed by atoms with Crippen LogP contribution in [0.2, 0.25) is 0 Å². The van der Waals surface area contributed by atoms with Crippen LogP contribution in [0, 0.1) is 0 Å². The molecular weight excluding hydrogens is 711 g/mol. The van der Waals surface area contributed by atoms with Gasteiger partial charge in [-0.2, -0.15) is 0 Å². The van der Waals surface area contributed by atoms with Crippen LogP contribution in [0.3, 0.4) is 0 Å². The van der Waals surface area contributed by atoms with E-state index in [2.05, 4.69) is 217 Å². The molecule has 2 aromatic heterocycles. The van der Waals surface area contributed by atoms with E-state index in [1.165, 1.54) is 53.6 Å². The van der Waals surface area contributed by atoms with Gasteiger partial charge < -0.3 is 9.32 Å². The zero-order valence-corrected chi connectivity index (χ0v) is 31.8. The molecule has 0 spiro atoms. The number of fused-ring (bicyclic) bond motifs is 6. The molecule has 2 heterocycles. The molecule has 3 heteroatoms. The minimum atomic E-state index is 0.858. The normalized spacial score (nSPS) is 11.5. The lowest BCUT2D eigenvalue weighted by Crippen LogP contribution is -2.11. The fourth-order valence-electron chi connectivity index (χ4n) is 8.37. The van der Waals surface area contributed by atoms with Crippen molar-refractivity contribution in [3.8, 4) is 44.5 Å². The fourth-order valence-corrected chi connectivity index (χ4v) is 9.67. The summed E-state index contributed by atoms with van der Waals surface area (Å²) in [6.45, 7) is 0. The first-order valence-electron chi connectivity index (χ1n) is 19.3. The van der Waals surface area contributed by atoms with Gasteiger partial charge in [0, 0.05) is 31.2 Å². The van der Waals surface area contributed by atoms with Gasteiger partial charge >= 0.3 is 0 Å². The average Bonchev–Trinajstić information content (AvgIpc) is 3.87. The third-order valence-electron chi connectivity index (χ3n) is 11.1. The summed E-state index contributed by atoms with van der Waals surface area (Å²) in [5.41, 5.74) is 14.5. The molecule has 11 rings (SSSR count). The molecule has 0 N–H and O–H groups in total. The van der Waals surface area contributed by atoms with Crippen LogP contribution in [0.15, 0.2) is 217 Å². The molecule has 268 valence electrons. The van der Waals surface area contributed by atoms with E-state index < -0.39 is 0 Å². The van der Waals surface area contributed by atoms with Crippen LogP contribution in [-0.2, 0) is 0 Å². The maximum absolute atomic E-state index is 6.72. The van der Waals surface area contributed by atoms with E-state index in [4.69, 9.17) is 4.42 Å². The molecule has 0 amide bonds. The second-order valence-corrected chi connectivity index (χ2v) is 15.5. The van der Waals surface area contributed by atoms with E-state index in [-0.39, 0.29) is 0 Å². The molecule has 0 aliphatic rings. The van der Waals surface area contributed by atoms with Crippen LogP contribution < -0.4 is 4.90 Å². The number of rotatable bonds is 7. The predicted molar refractivity (Wildman–Crippen MR) is 243 cm³/mol. The lowest BCUT2D eigenvalue weighted by Gasteiger charge is -2.28. The van der Waals surface area contributed by atoms with Crippen molar-refractivity contribution < 1.29 is 4.42 Å². The summed E-state index contributed by atoms with van der Waals surface area (Å²) in [6, 6.07) is 76.3. The Morgan fingerprint density at radius 1 is 0.351 bits per heavy atom. The van der Waals surface area contributed by atoms with Crippen molar-refractivity contribution in [2.24, 2.45) is 0 Å². The summed E-state index contributed by atoms with van der Waals surface area (Å²) in [4.78, 5) is 2.46. The zero-order valence-electron chi connectivity index (χ0n) is 31.0. The SMILES string of the molecule is c1ccc(-c2cccc(N(c3cccc4oc5cc(-c6ccccc6)ccc5c34)c3ccc(-c4ccccc4)c4sc5cc(-c6ccccc6)ccc5c34)c2)cc1. The molecular formula is C54H35NOS. The van der Waals surface area contributed by atoms with Crippen molar-refractivity contribution in [1.29, 1.82) is 0 Å². The number of anilines is 3. The monoisotopic (exact) mass is 745 g/mol. The van der Waals surface area contributed by atoms with Gasteiger partial charge in [-0.1, -0.05) is 164 Å². The Kier molecular flexibility index (Phi) is 8.04. The highest BCUT2D eigenvalue weighted by molar-refractivity contribution is 7.26. The summed E-state index contributed by atoms with van der Waals surface area (Å²) >= 11 is 1.88. The van der Waals surface area contributed by atoms with Crippen LogP contribution in [0.25, 0.3) is 86.6 Å². The maximum atomic E-state index is 6.72. The van der Waals surface area contributed by atoms with Crippen LogP contribution in [0.4, 0.5) is 17.1 Å².